The van der Waals surface area contributed by atoms with Gasteiger partial charge in [-0.1, -0.05) is 19.9 Å². The monoisotopic (exact) mass is 404 g/mol. The smallest absolute Gasteiger partial charge is 0.262 e. The molecule has 0 saturated heterocycles. The van der Waals surface area contributed by atoms with Gasteiger partial charge in [-0.25, -0.2) is 12.8 Å². The summed E-state index contributed by atoms with van der Waals surface area (Å²) in [5, 5.41) is 0. The van der Waals surface area contributed by atoms with Crippen LogP contribution in [0.5, 0.6) is 0 Å². The van der Waals surface area contributed by atoms with Crippen LogP contribution in [0.25, 0.3) is 0 Å². The molecule has 0 spiro atoms. The standard InChI is InChI=1S/C21H25FN2O3S/c1-14(2)10-11-24-19-8-7-18(12-16(19)5-9-21(24)25)23-28(26,27)20-13-17(22)6-4-15(20)3/h4,6-8,12-14,23H,5,9-11H2,1-3H3. The lowest BCUT2D eigenvalue weighted by Crippen LogP contribution is -2.36. The molecule has 7 heteroatoms. The molecule has 0 aliphatic carbocycles. The zero-order chi connectivity index (χ0) is 20.5. The van der Waals surface area contributed by atoms with Crippen LogP contribution in [0.3, 0.4) is 0 Å². The highest BCUT2D eigenvalue weighted by atomic mass is 32.2. The van der Waals surface area contributed by atoms with Gasteiger partial charge in [0, 0.05) is 24.3 Å². The molecule has 1 N–H and O–H groups in total. The van der Waals surface area contributed by atoms with Crippen molar-refractivity contribution < 1.29 is 17.6 Å². The van der Waals surface area contributed by atoms with E-state index in [1.54, 1.807) is 30.0 Å². The van der Waals surface area contributed by atoms with Crippen molar-refractivity contribution in [3.05, 3.63) is 53.3 Å². The van der Waals surface area contributed by atoms with Crippen LogP contribution in [0.1, 0.15) is 37.8 Å². The van der Waals surface area contributed by atoms with E-state index >= 15 is 0 Å². The Kier molecular flexibility index (Phi) is 5.74. The molecule has 1 aliphatic rings. The van der Waals surface area contributed by atoms with Crippen molar-refractivity contribution in [3.63, 3.8) is 0 Å². The summed E-state index contributed by atoms with van der Waals surface area (Å²) in [7, 11) is -3.91. The van der Waals surface area contributed by atoms with Crippen LogP contribution in [-0.2, 0) is 21.2 Å². The summed E-state index contributed by atoms with van der Waals surface area (Å²) in [4.78, 5) is 14.0. The van der Waals surface area contributed by atoms with Crippen LogP contribution in [0, 0.1) is 18.7 Å². The Morgan fingerprint density at radius 2 is 1.89 bits per heavy atom. The van der Waals surface area contributed by atoms with Gasteiger partial charge in [-0.2, -0.15) is 0 Å². The highest BCUT2D eigenvalue weighted by Gasteiger charge is 2.25. The number of nitrogens with one attached hydrogen (secondary N) is 1. The van der Waals surface area contributed by atoms with Crippen LogP contribution in [0.2, 0.25) is 0 Å². The Bertz CT molecular complexity index is 1000. The minimum atomic E-state index is -3.91. The number of aryl methyl sites for hydroxylation is 2. The molecule has 2 aromatic rings. The fraction of sp³-hybridized carbons (Fsp3) is 0.381. The largest absolute Gasteiger partial charge is 0.312 e. The number of anilines is 2. The van der Waals surface area contributed by atoms with Crippen molar-refractivity contribution in [3.8, 4) is 0 Å². The van der Waals surface area contributed by atoms with E-state index in [2.05, 4.69) is 18.6 Å². The van der Waals surface area contributed by atoms with Crippen LogP contribution < -0.4 is 9.62 Å². The molecule has 5 nitrogen and oxygen atoms in total. The van der Waals surface area contributed by atoms with Gasteiger partial charge >= 0.3 is 0 Å². The molecule has 150 valence electrons. The topological polar surface area (TPSA) is 66.5 Å². The van der Waals surface area contributed by atoms with Crippen molar-refractivity contribution in [2.24, 2.45) is 5.92 Å². The quantitative estimate of drug-likeness (QED) is 0.782. The molecule has 0 aromatic heterocycles. The second-order valence-corrected chi connectivity index (χ2v) is 9.24. The first-order chi connectivity index (χ1) is 13.2. The third-order valence-corrected chi connectivity index (χ3v) is 6.42. The van der Waals surface area contributed by atoms with Crippen molar-refractivity contribution in [2.75, 3.05) is 16.2 Å². The lowest BCUT2D eigenvalue weighted by Gasteiger charge is -2.30. The number of benzene rings is 2. The minimum Gasteiger partial charge on any atom is -0.312 e. The van der Waals surface area contributed by atoms with E-state index in [0.717, 1.165) is 23.7 Å². The van der Waals surface area contributed by atoms with Crippen LogP contribution in [0.4, 0.5) is 15.8 Å². The number of carbonyl (C=O) groups excluding carboxylic acids is 1. The molecule has 2 aromatic carbocycles. The number of hydrogen-bond donors (Lipinski definition) is 1. The van der Waals surface area contributed by atoms with Gasteiger partial charge in [0.25, 0.3) is 10.0 Å². The first-order valence-corrected chi connectivity index (χ1v) is 10.9. The molecule has 0 bridgehead atoms. The molecule has 0 radical (unpaired) electrons. The molecule has 1 heterocycles. The van der Waals surface area contributed by atoms with Gasteiger partial charge in [-0.3, -0.25) is 9.52 Å². The third kappa shape index (κ3) is 4.35. The molecule has 3 rings (SSSR count). The van der Waals surface area contributed by atoms with E-state index < -0.39 is 15.8 Å². The Labute approximate surface area is 165 Å². The summed E-state index contributed by atoms with van der Waals surface area (Å²) in [5.74, 6) is -0.0219. The number of carbonyl (C=O) groups is 1. The van der Waals surface area contributed by atoms with Gasteiger partial charge in [-0.15, -0.1) is 0 Å². The maximum atomic E-state index is 13.5. The Balaban J connectivity index is 1.87. The van der Waals surface area contributed by atoms with Crippen molar-refractivity contribution >= 4 is 27.3 Å². The summed E-state index contributed by atoms with van der Waals surface area (Å²) in [6.45, 7) is 6.50. The number of hydrogen-bond acceptors (Lipinski definition) is 3. The maximum absolute atomic E-state index is 13.5. The number of nitrogens with zero attached hydrogens (tertiary/aromatic N) is 1. The minimum absolute atomic E-state index is 0.0843. The second-order valence-electron chi connectivity index (χ2n) is 7.59. The molecular formula is C21H25FN2O3S. The first-order valence-electron chi connectivity index (χ1n) is 9.39. The molecule has 0 fully saturated rings. The fourth-order valence-electron chi connectivity index (χ4n) is 3.33. The number of fused-ring (bicyclic) bond motifs is 1. The first kappa shape index (κ1) is 20.3. The molecule has 0 atom stereocenters. The zero-order valence-corrected chi connectivity index (χ0v) is 17.1. The van der Waals surface area contributed by atoms with Crippen LogP contribution in [-0.4, -0.2) is 20.9 Å². The van der Waals surface area contributed by atoms with E-state index in [4.69, 9.17) is 0 Å². The molecule has 1 amide bonds. The third-order valence-electron chi connectivity index (χ3n) is 4.90. The van der Waals surface area contributed by atoms with E-state index in [1.165, 1.54) is 12.1 Å². The van der Waals surface area contributed by atoms with Crippen LogP contribution in [0.15, 0.2) is 41.3 Å². The lowest BCUT2D eigenvalue weighted by molar-refractivity contribution is -0.118. The number of sulfonamides is 1. The highest BCUT2D eigenvalue weighted by molar-refractivity contribution is 7.92. The van der Waals surface area contributed by atoms with Gasteiger partial charge in [0.15, 0.2) is 0 Å². The normalized spacial score (nSPS) is 14.3. The van der Waals surface area contributed by atoms with Gasteiger partial charge in [-0.05, 0) is 67.1 Å². The Hall–Kier alpha value is -2.41. The average molecular weight is 405 g/mol. The summed E-state index contributed by atoms with van der Waals surface area (Å²) < 4.78 is 41.4. The number of rotatable bonds is 6. The number of halogens is 1. The molecule has 0 unspecified atom stereocenters. The second kappa shape index (κ2) is 7.91. The zero-order valence-electron chi connectivity index (χ0n) is 16.3. The summed E-state index contributed by atoms with van der Waals surface area (Å²) in [6.07, 6.45) is 1.88. The molecule has 0 saturated carbocycles. The highest BCUT2D eigenvalue weighted by Crippen LogP contribution is 2.32. The number of amides is 1. The molecule has 1 aliphatic heterocycles. The van der Waals surface area contributed by atoms with Gasteiger partial charge in [0.1, 0.15) is 5.82 Å². The molecule has 28 heavy (non-hydrogen) atoms. The van der Waals surface area contributed by atoms with Gasteiger partial charge < -0.3 is 4.90 Å². The van der Waals surface area contributed by atoms with E-state index in [0.29, 0.717) is 36.6 Å². The summed E-state index contributed by atoms with van der Waals surface area (Å²) in [5.41, 5.74) is 2.64. The predicted molar refractivity (Wildman–Crippen MR) is 109 cm³/mol. The van der Waals surface area contributed by atoms with Crippen LogP contribution >= 0.6 is 0 Å². The van der Waals surface area contributed by atoms with E-state index in [9.17, 15) is 17.6 Å². The van der Waals surface area contributed by atoms with E-state index in [1.807, 2.05) is 0 Å². The molecular weight excluding hydrogens is 379 g/mol. The van der Waals surface area contributed by atoms with Gasteiger partial charge in [0.2, 0.25) is 5.91 Å². The van der Waals surface area contributed by atoms with Gasteiger partial charge in [0.05, 0.1) is 4.90 Å². The Morgan fingerprint density at radius 1 is 1.14 bits per heavy atom. The predicted octanol–water partition coefficient (Wildman–Crippen LogP) is 4.26. The van der Waals surface area contributed by atoms with Crippen molar-refractivity contribution in [1.82, 2.24) is 0 Å². The summed E-state index contributed by atoms with van der Waals surface area (Å²) in [6, 6.07) is 8.87. The SMILES string of the molecule is Cc1ccc(F)cc1S(=O)(=O)Nc1ccc2c(c1)CCC(=O)N2CCC(C)C. The lowest BCUT2D eigenvalue weighted by atomic mass is 9.99. The maximum Gasteiger partial charge on any atom is 0.262 e. The summed E-state index contributed by atoms with van der Waals surface area (Å²) >= 11 is 0. The fourth-order valence-corrected chi connectivity index (χ4v) is 4.64. The van der Waals surface area contributed by atoms with E-state index in [-0.39, 0.29) is 10.8 Å². The Morgan fingerprint density at radius 3 is 2.61 bits per heavy atom. The van der Waals surface area contributed by atoms with Crippen molar-refractivity contribution in [2.45, 2.75) is 44.9 Å². The average Bonchev–Trinajstić information content (AvgIpc) is 2.62. The van der Waals surface area contributed by atoms with Crippen molar-refractivity contribution in [1.29, 1.82) is 0 Å².